The largest absolute Gasteiger partial charge is 0.487 e. The van der Waals surface area contributed by atoms with Gasteiger partial charge in [-0.1, -0.05) is 35.6 Å². The van der Waals surface area contributed by atoms with Crippen molar-refractivity contribution < 1.29 is 9.53 Å². The summed E-state index contributed by atoms with van der Waals surface area (Å²) in [5.74, 6) is 0.392. The van der Waals surface area contributed by atoms with Crippen LogP contribution in [-0.4, -0.2) is 36.0 Å². The van der Waals surface area contributed by atoms with Gasteiger partial charge in [-0.25, -0.2) is 0 Å². The van der Waals surface area contributed by atoms with Crippen LogP contribution < -0.4 is 4.74 Å². The number of piperidine rings is 1. The molecule has 1 aliphatic rings. The van der Waals surface area contributed by atoms with Crippen LogP contribution in [0.5, 0.6) is 5.06 Å². The Hall–Kier alpha value is -2.40. The van der Waals surface area contributed by atoms with E-state index in [1.54, 1.807) is 7.11 Å². The average molecular weight is 352 g/mol. The number of ether oxygens (including phenoxy) is 1. The summed E-state index contributed by atoms with van der Waals surface area (Å²) >= 11 is 1.40. The van der Waals surface area contributed by atoms with Crippen LogP contribution in [0.1, 0.15) is 34.1 Å². The third-order valence-electron chi connectivity index (χ3n) is 4.77. The van der Waals surface area contributed by atoms with Crippen molar-refractivity contribution in [1.29, 1.82) is 0 Å². The van der Waals surface area contributed by atoms with Gasteiger partial charge < -0.3 is 9.64 Å². The molecule has 1 atom stereocenters. The minimum absolute atomic E-state index is 0.0961. The summed E-state index contributed by atoms with van der Waals surface area (Å²) in [5, 5.41) is 3.13. The minimum Gasteiger partial charge on any atom is -0.487 e. The van der Waals surface area contributed by atoms with E-state index in [1.165, 1.54) is 16.7 Å². The maximum Gasteiger partial charge on any atom is 0.264 e. The summed E-state index contributed by atoms with van der Waals surface area (Å²) in [6, 6.07) is 14.1. The Labute approximate surface area is 151 Å². The van der Waals surface area contributed by atoms with Gasteiger partial charge in [0.25, 0.3) is 5.91 Å². The van der Waals surface area contributed by atoms with Crippen LogP contribution in [0, 0.1) is 0 Å². The van der Waals surface area contributed by atoms with Crippen LogP contribution in [0.3, 0.4) is 0 Å². The monoisotopic (exact) mass is 352 g/mol. The first-order valence-corrected chi connectivity index (χ1v) is 9.34. The van der Waals surface area contributed by atoms with E-state index in [-0.39, 0.29) is 5.91 Å². The molecule has 2 aromatic heterocycles. The number of carbonyl (C=O) groups is 1. The number of rotatable bonds is 3. The summed E-state index contributed by atoms with van der Waals surface area (Å²) in [6.45, 7) is 1.54. The Morgan fingerprint density at radius 3 is 2.88 bits per heavy atom. The number of carbonyl (C=O) groups excluding carboxylic acids is 1. The normalized spacial score (nSPS) is 17.6. The Kier molecular flexibility index (Phi) is 4.40. The zero-order valence-electron chi connectivity index (χ0n) is 14.1. The molecule has 4 rings (SSSR count). The van der Waals surface area contributed by atoms with E-state index in [2.05, 4.69) is 23.2 Å². The zero-order valence-corrected chi connectivity index (χ0v) is 15.0. The predicted molar refractivity (Wildman–Crippen MR) is 100 cm³/mol. The first-order valence-electron chi connectivity index (χ1n) is 8.52. The summed E-state index contributed by atoms with van der Waals surface area (Å²) in [7, 11) is 1.63. The fourth-order valence-electron chi connectivity index (χ4n) is 3.43. The van der Waals surface area contributed by atoms with Crippen LogP contribution in [-0.2, 0) is 0 Å². The van der Waals surface area contributed by atoms with Crippen molar-refractivity contribution in [2.75, 3.05) is 20.2 Å². The second-order valence-electron chi connectivity index (χ2n) is 6.37. The lowest BCUT2D eigenvalue weighted by molar-refractivity contribution is 0.0711. The molecule has 0 saturated carbocycles. The first-order chi connectivity index (χ1) is 12.2. The SMILES string of the molecule is COc1ccc(C(=O)N2CCC[C@H](c3cc4ccccc4cn3)C2)s1. The molecule has 128 valence electrons. The smallest absolute Gasteiger partial charge is 0.264 e. The molecule has 1 aromatic carbocycles. The van der Waals surface area contributed by atoms with Crippen molar-refractivity contribution in [2.24, 2.45) is 0 Å². The van der Waals surface area contributed by atoms with Crippen LogP contribution in [0.25, 0.3) is 10.8 Å². The van der Waals surface area contributed by atoms with E-state index >= 15 is 0 Å². The molecule has 3 aromatic rings. The Morgan fingerprint density at radius 2 is 2.08 bits per heavy atom. The van der Waals surface area contributed by atoms with Crippen LogP contribution in [0.15, 0.2) is 48.7 Å². The number of amides is 1. The number of benzene rings is 1. The fourth-order valence-corrected chi connectivity index (χ4v) is 4.22. The molecule has 1 saturated heterocycles. The van der Waals surface area contributed by atoms with E-state index in [0.717, 1.165) is 47.0 Å². The number of fused-ring (bicyclic) bond motifs is 1. The van der Waals surface area contributed by atoms with Crippen LogP contribution in [0.2, 0.25) is 0 Å². The van der Waals surface area contributed by atoms with E-state index in [4.69, 9.17) is 4.74 Å². The van der Waals surface area contributed by atoms with Gasteiger partial charge in [0.2, 0.25) is 0 Å². The standard InChI is InChI=1S/C20H20N2O2S/c1-24-19-9-8-18(25-19)20(23)22-10-4-7-16(13-22)17-11-14-5-2-3-6-15(14)12-21-17/h2-3,5-6,8-9,11-12,16H,4,7,10,13H2,1H3/t16-/m0/s1. The molecule has 0 spiro atoms. The molecular weight excluding hydrogens is 332 g/mol. The van der Waals surface area contributed by atoms with Gasteiger partial charge in [-0.05, 0) is 36.4 Å². The number of methoxy groups -OCH3 is 1. The lowest BCUT2D eigenvalue weighted by Gasteiger charge is -2.32. The quantitative estimate of drug-likeness (QED) is 0.705. The number of hydrogen-bond acceptors (Lipinski definition) is 4. The van der Waals surface area contributed by atoms with Gasteiger partial charge >= 0.3 is 0 Å². The topological polar surface area (TPSA) is 42.4 Å². The highest BCUT2D eigenvalue weighted by Gasteiger charge is 2.27. The summed E-state index contributed by atoms with van der Waals surface area (Å²) in [5.41, 5.74) is 1.08. The van der Waals surface area contributed by atoms with Gasteiger partial charge in [-0.3, -0.25) is 9.78 Å². The number of nitrogens with zero attached hydrogens (tertiary/aromatic N) is 2. The molecule has 1 fully saturated rings. The lowest BCUT2D eigenvalue weighted by atomic mass is 9.93. The molecule has 4 nitrogen and oxygen atoms in total. The lowest BCUT2D eigenvalue weighted by Crippen LogP contribution is -2.39. The average Bonchev–Trinajstić information content (AvgIpc) is 3.16. The van der Waals surface area contributed by atoms with E-state index in [9.17, 15) is 4.79 Å². The van der Waals surface area contributed by atoms with E-state index < -0.39 is 0 Å². The third kappa shape index (κ3) is 3.24. The molecule has 1 aliphatic heterocycles. The van der Waals surface area contributed by atoms with Gasteiger partial charge in [0.15, 0.2) is 5.06 Å². The van der Waals surface area contributed by atoms with Gasteiger partial charge in [-0.2, -0.15) is 0 Å². The van der Waals surface area contributed by atoms with Gasteiger partial charge in [0, 0.05) is 36.3 Å². The predicted octanol–water partition coefficient (Wildman–Crippen LogP) is 4.32. The molecule has 0 unspecified atom stereocenters. The van der Waals surface area contributed by atoms with Crippen LogP contribution in [0.4, 0.5) is 0 Å². The second kappa shape index (κ2) is 6.84. The number of likely N-dealkylation sites (tertiary alicyclic amines) is 1. The molecule has 0 bridgehead atoms. The molecule has 0 radical (unpaired) electrons. The van der Waals surface area contributed by atoms with Crippen molar-refractivity contribution in [3.8, 4) is 5.06 Å². The third-order valence-corrected chi connectivity index (χ3v) is 5.81. The number of hydrogen-bond donors (Lipinski definition) is 0. The van der Waals surface area contributed by atoms with Crippen molar-refractivity contribution >= 4 is 28.0 Å². The van der Waals surface area contributed by atoms with Gasteiger partial charge in [0.05, 0.1) is 12.0 Å². The Balaban J connectivity index is 1.54. The van der Waals surface area contributed by atoms with Gasteiger partial charge in [-0.15, -0.1) is 0 Å². The van der Waals surface area contributed by atoms with E-state index in [0.29, 0.717) is 5.92 Å². The Morgan fingerprint density at radius 1 is 1.24 bits per heavy atom. The molecule has 1 amide bonds. The van der Waals surface area contributed by atoms with Crippen molar-refractivity contribution in [3.63, 3.8) is 0 Å². The fraction of sp³-hybridized carbons (Fsp3) is 0.300. The number of pyridine rings is 1. The number of aromatic nitrogens is 1. The molecular formula is C20H20N2O2S. The summed E-state index contributed by atoms with van der Waals surface area (Å²) < 4.78 is 5.20. The molecule has 25 heavy (non-hydrogen) atoms. The van der Waals surface area contributed by atoms with Crippen molar-refractivity contribution in [3.05, 3.63) is 59.2 Å². The maximum atomic E-state index is 12.8. The molecule has 0 N–H and O–H groups in total. The van der Waals surface area contributed by atoms with Crippen molar-refractivity contribution in [2.45, 2.75) is 18.8 Å². The zero-order chi connectivity index (χ0) is 17.2. The van der Waals surface area contributed by atoms with Crippen molar-refractivity contribution in [1.82, 2.24) is 9.88 Å². The van der Waals surface area contributed by atoms with Gasteiger partial charge in [0.1, 0.15) is 0 Å². The Bertz CT molecular complexity index is 905. The summed E-state index contributed by atoms with van der Waals surface area (Å²) in [4.78, 5) is 20.1. The number of thiophene rings is 1. The minimum atomic E-state index is 0.0961. The molecule has 3 heterocycles. The highest BCUT2D eigenvalue weighted by Crippen LogP contribution is 2.30. The maximum absolute atomic E-state index is 12.8. The molecule has 0 aliphatic carbocycles. The summed E-state index contributed by atoms with van der Waals surface area (Å²) in [6.07, 6.45) is 4.02. The van der Waals surface area contributed by atoms with Crippen LogP contribution >= 0.6 is 11.3 Å². The second-order valence-corrected chi connectivity index (χ2v) is 7.42. The highest BCUT2D eigenvalue weighted by atomic mass is 32.1. The van der Waals surface area contributed by atoms with E-state index in [1.807, 2.05) is 35.4 Å². The highest BCUT2D eigenvalue weighted by molar-refractivity contribution is 7.15. The first kappa shape index (κ1) is 16.1. The molecule has 5 heteroatoms.